The molecule has 0 unspecified atom stereocenters. The van der Waals surface area contributed by atoms with Crippen molar-refractivity contribution in [1.82, 2.24) is 20.1 Å². The van der Waals surface area contributed by atoms with Gasteiger partial charge in [0.2, 0.25) is 11.8 Å². The highest BCUT2D eigenvalue weighted by atomic mass is 16.2. The van der Waals surface area contributed by atoms with Gasteiger partial charge in [0.25, 0.3) is 0 Å². The van der Waals surface area contributed by atoms with E-state index in [0.717, 1.165) is 70.3 Å². The predicted octanol–water partition coefficient (Wildman–Crippen LogP) is 3.55. The van der Waals surface area contributed by atoms with E-state index in [-0.39, 0.29) is 23.3 Å². The summed E-state index contributed by atoms with van der Waals surface area (Å²) >= 11 is 0. The molecule has 3 fully saturated rings. The zero-order valence-electron chi connectivity index (χ0n) is 19.3. The van der Waals surface area contributed by atoms with Crippen LogP contribution in [0.3, 0.4) is 0 Å². The van der Waals surface area contributed by atoms with Crippen molar-refractivity contribution in [1.29, 1.82) is 0 Å². The Morgan fingerprint density at radius 3 is 2.42 bits per heavy atom. The van der Waals surface area contributed by atoms with E-state index in [1.54, 1.807) is 12.4 Å². The average Bonchev–Trinajstić information content (AvgIpc) is 3.67. The van der Waals surface area contributed by atoms with E-state index < -0.39 is 0 Å². The number of aromatic nitrogens is 1. The SMILES string of the molecule is O=C(N[C@@H](CCN1CCC2(CC1)CCN(Cc1ccncc1)C2=O)c1ccccc1)C1CC1. The van der Waals surface area contributed by atoms with Crippen LogP contribution in [-0.2, 0) is 16.1 Å². The summed E-state index contributed by atoms with van der Waals surface area (Å²) in [4.78, 5) is 34.3. The number of nitrogens with one attached hydrogen (secondary N) is 1. The lowest BCUT2D eigenvalue weighted by Gasteiger charge is -2.38. The molecule has 6 heteroatoms. The van der Waals surface area contributed by atoms with Crippen LogP contribution >= 0.6 is 0 Å². The third-order valence-electron chi connectivity index (χ3n) is 7.74. The number of likely N-dealkylation sites (tertiary alicyclic amines) is 2. The van der Waals surface area contributed by atoms with Crippen LogP contribution in [0.25, 0.3) is 0 Å². The number of hydrogen-bond donors (Lipinski definition) is 1. The van der Waals surface area contributed by atoms with Crippen molar-refractivity contribution < 1.29 is 9.59 Å². The van der Waals surface area contributed by atoms with Gasteiger partial charge in [0.05, 0.1) is 11.5 Å². The molecule has 1 aromatic carbocycles. The van der Waals surface area contributed by atoms with Crippen molar-refractivity contribution in [2.24, 2.45) is 11.3 Å². The smallest absolute Gasteiger partial charge is 0.229 e. The third-order valence-corrected chi connectivity index (χ3v) is 7.74. The number of piperidine rings is 1. The van der Waals surface area contributed by atoms with Gasteiger partial charge in [-0.2, -0.15) is 0 Å². The summed E-state index contributed by atoms with van der Waals surface area (Å²) in [5.41, 5.74) is 2.15. The molecule has 5 rings (SSSR count). The first kappa shape index (κ1) is 22.1. The summed E-state index contributed by atoms with van der Waals surface area (Å²) in [6.45, 7) is 4.38. The van der Waals surface area contributed by atoms with Gasteiger partial charge in [-0.25, -0.2) is 0 Å². The van der Waals surface area contributed by atoms with Gasteiger partial charge in [0, 0.05) is 37.9 Å². The van der Waals surface area contributed by atoms with Crippen LogP contribution in [0, 0.1) is 11.3 Å². The Morgan fingerprint density at radius 2 is 1.73 bits per heavy atom. The maximum absolute atomic E-state index is 13.3. The lowest BCUT2D eigenvalue weighted by atomic mass is 9.77. The van der Waals surface area contributed by atoms with E-state index in [1.165, 1.54) is 5.56 Å². The van der Waals surface area contributed by atoms with Crippen LogP contribution in [0.5, 0.6) is 0 Å². The molecule has 1 aliphatic carbocycles. The summed E-state index contributed by atoms with van der Waals surface area (Å²) in [6, 6.07) is 14.4. The topological polar surface area (TPSA) is 65.5 Å². The minimum Gasteiger partial charge on any atom is -0.349 e. The number of benzene rings is 1. The highest BCUT2D eigenvalue weighted by Gasteiger charge is 2.47. The monoisotopic (exact) mass is 446 g/mol. The molecule has 1 N–H and O–H groups in total. The summed E-state index contributed by atoms with van der Waals surface area (Å²) in [6.07, 6.45) is 9.36. The van der Waals surface area contributed by atoms with Gasteiger partial charge in [0.1, 0.15) is 0 Å². The molecule has 1 saturated carbocycles. The molecule has 1 aromatic heterocycles. The van der Waals surface area contributed by atoms with E-state index in [4.69, 9.17) is 0 Å². The van der Waals surface area contributed by atoms with Crippen LogP contribution < -0.4 is 5.32 Å². The minimum absolute atomic E-state index is 0.0548. The molecule has 0 radical (unpaired) electrons. The van der Waals surface area contributed by atoms with E-state index in [0.29, 0.717) is 12.5 Å². The van der Waals surface area contributed by atoms with Gasteiger partial charge in [-0.1, -0.05) is 30.3 Å². The first-order valence-electron chi connectivity index (χ1n) is 12.4. The van der Waals surface area contributed by atoms with Crippen molar-refractivity contribution in [2.75, 3.05) is 26.2 Å². The quantitative estimate of drug-likeness (QED) is 0.674. The lowest BCUT2D eigenvalue weighted by Crippen LogP contribution is -2.45. The van der Waals surface area contributed by atoms with E-state index in [9.17, 15) is 9.59 Å². The number of carbonyl (C=O) groups excluding carboxylic acids is 2. The van der Waals surface area contributed by atoms with Crippen LogP contribution in [0.1, 0.15) is 55.7 Å². The molecule has 174 valence electrons. The highest BCUT2D eigenvalue weighted by Crippen LogP contribution is 2.42. The first-order valence-corrected chi connectivity index (χ1v) is 12.4. The largest absolute Gasteiger partial charge is 0.349 e. The molecule has 1 spiro atoms. The Hall–Kier alpha value is -2.73. The van der Waals surface area contributed by atoms with Crippen molar-refractivity contribution in [3.05, 3.63) is 66.0 Å². The molecule has 3 heterocycles. The Balaban J connectivity index is 1.14. The van der Waals surface area contributed by atoms with Crippen molar-refractivity contribution in [3.8, 4) is 0 Å². The van der Waals surface area contributed by atoms with Gasteiger partial charge in [0.15, 0.2) is 0 Å². The molecular weight excluding hydrogens is 412 g/mol. The minimum atomic E-state index is -0.178. The second-order valence-corrected chi connectivity index (χ2v) is 9.99. The zero-order chi connectivity index (χ0) is 22.7. The van der Waals surface area contributed by atoms with Crippen molar-refractivity contribution in [3.63, 3.8) is 0 Å². The molecule has 33 heavy (non-hydrogen) atoms. The second kappa shape index (κ2) is 9.64. The summed E-state index contributed by atoms with van der Waals surface area (Å²) < 4.78 is 0. The normalized spacial score (nSPS) is 21.3. The molecule has 2 saturated heterocycles. The maximum atomic E-state index is 13.3. The fourth-order valence-electron chi connectivity index (χ4n) is 5.38. The fourth-order valence-corrected chi connectivity index (χ4v) is 5.38. The molecule has 0 bridgehead atoms. The van der Waals surface area contributed by atoms with E-state index >= 15 is 0 Å². The fraction of sp³-hybridized carbons (Fsp3) is 0.519. The molecule has 2 amide bonds. The van der Waals surface area contributed by atoms with Gasteiger partial charge in [-0.05, 0) is 74.9 Å². The number of carbonyl (C=O) groups is 2. The number of amides is 2. The first-order chi connectivity index (χ1) is 16.1. The van der Waals surface area contributed by atoms with Crippen molar-refractivity contribution in [2.45, 2.75) is 51.1 Å². The summed E-state index contributed by atoms with van der Waals surface area (Å²) in [5.74, 6) is 0.750. The van der Waals surface area contributed by atoms with Crippen LogP contribution in [-0.4, -0.2) is 52.8 Å². The number of nitrogens with zero attached hydrogens (tertiary/aromatic N) is 3. The van der Waals surface area contributed by atoms with Crippen LogP contribution in [0.4, 0.5) is 0 Å². The van der Waals surface area contributed by atoms with Gasteiger partial charge < -0.3 is 15.1 Å². The predicted molar refractivity (Wildman–Crippen MR) is 127 cm³/mol. The molecular formula is C27H34N4O2. The lowest BCUT2D eigenvalue weighted by molar-refractivity contribution is -0.139. The number of pyridine rings is 1. The Bertz CT molecular complexity index is 953. The molecule has 3 aliphatic rings. The Morgan fingerprint density at radius 1 is 1.03 bits per heavy atom. The molecule has 2 aromatic rings. The zero-order valence-corrected chi connectivity index (χ0v) is 19.3. The van der Waals surface area contributed by atoms with Crippen LogP contribution in [0.15, 0.2) is 54.9 Å². The third kappa shape index (κ3) is 5.11. The van der Waals surface area contributed by atoms with E-state index in [1.807, 2.05) is 35.2 Å². The maximum Gasteiger partial charge on any atom is 0.229 e. The standard InChI is InChI=1S/C27H34N4O2/c32-25(23-6-7-23)29-24(22-4-2-1-3-5-22)10-16-30-17-11-27(12-18-30)13-19-31(26(27)33)20-21-8-14-28-15-9-21/h1-5,8-9,14-15,23-24H,6-7,10-13,16-20H2,(H,29,32)/t24-/m0/s1. The number of hydrogen-bond acceptors (Lipinski definition) is 4. The Labute approximate surface area is 196 Å². The van der Waals surface area contributed by atoms with Gasteiger partial charge in [-0.15, -0.1) is 0 Å². The van der Waals surface area contributed by atoms with Crippen molar-refractivity contribution >= 4 is 11.8 Å². The van der Waals surface area contributed by atoms with Crippen LogP contribution in [0.2, 0.25) is 0 Å². The average molecular weight is 447 g/mol. The summed E-state index contributed by atoms with van der Waals surface area (Å²) in [5, 5.41) is 3.29. The van der Waals surface area contributed by atoms with E-state index in [2.05, 4.69) is 27.3 Å². The molecule has 6 nitrogen and oxygen atoms in total. The Kier molecular flexibility index (Phi) is 6.45. The second-order valence-electron chi connectivity index (χ2n) is 9.99. The summed E-state index contributed by atoms with van der Waals surface area (Å²) in [7, 11) is 0. The molecule has 2 aliphatic heterocycles. The highest BCUT2D eigenvalue weighted by molar-refractivity contribution is 5.85. The van der Waals surface area contributed by atoms with Gasteiger partial charge in [-0.3, -0.25) is 14.6 Å². The van der Waals surface area contributed by atoms with Gasteiger partial charge >= 0.3 is 0 Å². The molecule has 1 atom stereocenters. The number of rotatable bonds is 8.